The lowest BCUT2D eigenvalue weighted by molar-refractivity contribution is -0.138. The number of rotatable bonds is 5. The molecular weight excluding hydrogens is 371 g/mol. The van der Waals surface area contributed by atoms with Gasteiger partial charge in [-0.1, -0.05) is 36.4 Å². The van der Waals surface area contributed by atoms with Gasteiger partial charge in [-0.2, -0.15) is 0 Å². The van der Waals surface area contributed by atoms with E-state index in [-0.39, 0.29) is 30.6 Å². The number of likely N-dealkylation sites (tertiary alicyclic amines) is 1. The van der Waals surface area contributed by atoms with Crippen LogP contribution in [0, 0.1) is 11.7 Å². The molecule has 4 rings (SSSR count). The standard InChI is InChI=1S/C23H23FN2O3/c24-19-7-3-1-6-18(19)15-26-20-8-4-2-5-17(20)14-21(26)23(29)25-11-9-16(10-12-25)13-22(27)28/h1-8,14,16H,9-13,15H2,(H,27,28). The summed E-state index contributed by atoms with van der Waals surface area (Å²) in [4.78, 5) is 26.0. The Hall–Kier alpha value is -3.15. The van der Waals surface area contributed by atoms with Gasteiger partial charge in [0, 0.05) is 36.0 Å². The second kappa shape index (κ2) is 8.07. The summed E-state index contributed by atoms with van der Waals surface area (Å²) in [5.41, 5.74) is 1.95. The molecule has 2 heterocycles. The molecule has 1 aromatic heterocycles. The Labute approximate surface area is 168 Å². The summed E-state index contributed by atoms with van der Waals surface area (Å²) in [5.74, 6) is -1.06. The molecule has 1 aliphatic rings. The normalized spacial score (nSPS) is 15.0. The van der Waals surface area contributed by atoms with E-state index in [0.29, 0.717) is 37.2 Å². The third-order valence-corrected chi connectivity index (χ3v) is 5.68. The first-order valence-corrected chi connectivity index (χ1v) is 9.85. The fraction of sp³-hybridized carbons (Fsp3) is 0.304. The topological polar surface area (TPSA) is 62.5 Å². The molecule has 1 aliphatic heterocycles. The first-order chi connectivity index (χ1) is 14.0. The van der Waals surface area contributed by atoms with Crippen LogP contribution in [0.15, 0.2) is 54.6 Å². The van der Waals surface area contributed by atoms with Crippen molar-refractivity contribution in [2.75, 3.05) is 13.1 Å². The minimum Gasteiger partial charge on any atom is -0.481 e. The van der Waals surface area contributed by atoms with Crippen molar-refractivity contribution >= 4 is 22.8 Å². The number of aliphatic carboxylic acids is 1. The molecule has 1 N–H and O–H groups in total. The number of carboxylic acids is 1. The van der Waals surface area contributed by atoms with Gasteiger partial charge in [0.05, 0.1) is 6.54 Å². The summed E-state index contributed by atoms with van der Waals surface area (Å²) in [6.45, 7) is 1.35. The van der Waals surface area contributed by atoms with Crippen LogP contribution in [0.25, 0.3) is 10.9 Å². The Kier molecular flexibility index (Phi) is 5.34. The number of aromatic nitrogens is 1. The van der Waals surface area contributed by atoms with Crippen LogP contribution >= 0.6 is 0 Å². The Morgan fingerprint density at radius 2 is 1.72 bits per heavy atom. The summed E-state index contributed by atoms with van der Waals surface area (Å²) in [5, 5.41) is 9.92. The molecule has 150 valence electrons. The molecule has 3 aromatic rings. The minimum atomic E-state index is -0.792. The van der Waals surface area contributed by atoms with Crippen molar-refractivity contribution in [3.05, 3.63) is 71.7 Å². The van der Waals surface area contributed by atoms with Gasteiger partial charge in [-0.3, -0.25) is 9.59 Å². The molecule has 0 radical (unpaired) electrons. The molecule has 0 spiro atoms. The van der Waals surface area contributed by atoms with Gasteiger partial charge < -0.3 is 14.6 Å². The van der Waals surface area contributed by atoms with Gasteiger partial charge in [0.1, 0.15) is 11.5 Å². The third kappa shape index (κ3) is 4.01. The maximum Gasteiger partial charge on any atom is 0.303 e. The second-order valence-electron chi connectivity index (χ2n) is 7.60. The lowest BCUT2D eigenvalue weighted by Crippen LogP contribution is -2.39. The van der Waals surface area contributed by atoms with E-state index in [0.717, 1.165) is 10.9 Å². The van der Waals surface area contributed by atoms with Crippen molar-refractivity contribution in [2.24, 2.45) is 5.92 Å². The average molecular weight is 394 g/mol. The molecule has 0 aliphatic carbocycles. The highest BCUT2D eigenvalue weighted by Crippen LogP contribution is 2.26. The number of piperidine rings is 1. The fourth-order valence-electron chi connectivity index (χ4n) is 4.10. The summed E-state index contributed by atoms with van der Waals surface area (Å²) in [7, 11) is 0. The lowest BCUT2D eigenvalue weighted by Gasteiger charge is -2.31. The van der Waals surface area contributed by atoms with Crippen LogP contribution < -0.4 is 0 Å². The summed E-state index contributed by atoms with van der Waals surface area (Å²) in [6, 6.07) is 16.2. The zero-order valence-electron chi connectivity index (χ0n) is 16.1. The molecule has 6 heteroatoms. The van der Waals surface area contributed by atoms with E-state index >= 15 is 0 Å². The number of benzene rings is 2. The second-order valence-corrected chi connectivity index (χ2v) is 7.60. The lowest BCUT2D eigenvalue weighted by atomic mass is 9.93. The van der Waals surface area contributed by atoms with Crippen LogP contribution in [0.2, 0.25) is 0 Å². The van der Waals surface area contributed by atoms with Gasteiger partial charge in [-0.25, -0.2) is 4.39 Å². The predicted octanol–water partition coefficient (Wildman–Crippen LogP) is 4.16. The zero-order chi connectivity index (χ0) is 20.4. The average Bonchev–Trinajstić information content (AvgIpc) is 3.08. The SMILES string of the molecule is O=C(O)CC1CCN(C(=O)c2cc3ccccc3n2Cc2ccccc2F)CC1. The number of nitrogens with zero attached hydrogens (tertiary/aromatic N) is 2. The Morgan fingerprint density at radius 3 is 2.45 bits per heavy atom. The van der Waals surface area contributed by atoms with Crippen LogP contribution in [0.1, 0.15) is 35.3 Å². The molecule has 1 saturated heterocycles. The number of carboxylic acid groups (broad SMARTS) is 1. The highest BCUT2D eigenvalue weighted by Gasteiger charge is 2.27. The van der Waals surface area contributed by atoms with Gasteiger partial charge in [-0.05, 0) is 37.0 Å². The number of para-hydroxylation sites is 1. The molecular formula is C23H23FN2O3. The molecule has 5 nitrogen and oxygen atoms in total. The van der Waals surface area contributed by atoms with Crippen molar-refractivity contribution in [3.8, 4) is 0 Å². The number of hydrogen-bond donors (Lipinski definition) is 1. The summed E-state index contributed by atoms with van der Waals surface area (Å²) in [6.07, 6.45) is 1.52. The molecule has 0 unspecified atom stereocenters. The van der Waals surface area contributed by atoms with Crippen LogP contribution in [0.5, 0.6) is 0 Å². The molecule has 1 fully saturated rings. The molecule has 2 aromatic carbocycles. The number of hydrogen-bond acceptors (Lipinski definition) is 2. The largest absolute Gasteiger partial charge is 0.481 e. The number of carbonyl (C=O) groups is 2. The first kappa shape index (κ1) is 19.2. The third-order valence-electron chi connectivity index (χ3n) is 5.68. The van der Waals surface area contributed by atoms with E-state index in [9.17, 15) is 14.0 Å². The van der Waals surface area contributed by atoms with E-state index in [1.807, 2.05) is 34.9 Å². The number of carbonyl (C=O) groups excluding carboxylic acids is 1. The van der Waals surface area contributed by atoms with Crippen LogP contribution in [-0.4, -0.2) is 39.5 Å². The summed E-state index contributed by atoms with van der Waals surface area (Å²) >= 11 is 0. The monoisotopic (exact) mass is 394 g/mol. The van der Waals surface area contributed by atoms with Gasteiger partial charge >= 0.3 is 5.97 Å². The quantitative estimate of drug-likeness (QED) is 0.707. The van der Waals surface area contributed by atoms with E-state index in [2.05, 4.69) is 0 Å². The number of fused-ring (bicyclic) bond motifs is 1. The van der Waals surface area contributed by atoms with Gasteiger partial charge in [-0.15, -0.1) is 0 Å². The van der Waals surface area contributed by atoms with Crippen LogP contribution in [0.3, 0.4) is 0 Å². The van der Waals surface area contributed by atoms with Crippen molar-refractivity contribution in [1.29, 1.82) is 0 Å². The number of halogens is 1. The van der Waals surface area contributed by atoms with Crippen molar-refractivity contribution in [1.82, 2.24) is 9.47 Å². The van der Waals surface area contributed by atoms with Gasteiger partial charge in [0.2, 0.25) is 0 Å². The van der Waals surface area contributed by atoms with Gasteiger partial charge in [0.25, 0.3) is 5.91 Å². The molecule has 0 saturated carbocycles. The predicted molar refractivity (Wildman–Crippen MR) is 108 cm³/mol. The van der Waals surface area contributed by atoms with E-state index < -0.39 is 5.97 Å². The Bertz CT molecular complexity index is 1050. The van der Waals surface area contributed by atoms with Crippen molar-refractivity contribution in [3.63, 3.8) is 0 Å². The minimum absolute atomic E-state index is 0.0914. The molecule has 0 bridgehead atoms. The highest BCUT2D eigenvalue weighted by atomic mass is 19.1. The smallest absolute Gasteiger partial charge is 0.303 e. The van der Waals surface area contributed by atoms with Crippen LogP contribution in [0.4, 0.5) is 4.39 Å². The zero-order valence-corrected chi connectivity index (χ0v) is 16.1. The summed E-state index contributed by atoms with van der Waals surface area (Å²) < 4.78 is 16.1. The van der Waals surface area contributed by atoms with E-state index in [1.165, 1.54) is 6.07 Å². The molecule has 0 atom stereocenters. The maximum atomic E-state index is 14.3. The van der Waals surface area contributed by atoms with E-state index in [4.69, 9.17) is 5.11 Å². The van der Waals surface area contributed by atoms with Crippen LogP contribution in [-0.2, 0) is 11.3 Å². The van der Waals surface area contributed by atoms with Crippen molar-refractivity contribution < 1.29 is 19.1 Å². The first-order valence-electron chi connectivity index (χ1n) is 9.85. The highest BCUT2D eigenvalue weighted by molar-refractivity contribution is 5.99. The van der Waals surface area contributed by atoms with Gasteiger partial charge in [0.15, 0.2) is 0 Å². The fourth-order valence-corrected chi connectivity index (χ4v) is 4.10. The van der Waals surface area contributed by atoms with E-state index in [1.54, 1.807) is 23.1 Å². The maximum absolute atomic E-state index is 14.3. The Morgan fingerprint density at radius 1 is 1.03 bits per heavy atom. The number of amides is 1. The molecule has 29 heavy (non-hydrogen) atoms. The Balaban J connectivity index is 1.62. The van der Waals surface area contributed by atoms with Crippen molar-refractivity contribution in [2.45, 2.75) is 25.8 Å². The molecule has 1 amide bonds.